The minimum atomic E-state index is -0.806. The fourth-order valence-corrected chi connectivity index (χ4v) is 6.39. The number of amides is 1. The Bertz CT molecular complexity index is 1190. The Morgan fingerprint density at radius 2 is 2.05 bits per heavy atom. The highest BCUT2D eigenvalue weighted by molar-refractivity contribution is 5.94. The lowest BCUT2D eigenvalue weighted by molar-refractivity contribution is -0.143. The Labute approximate surface area is 232 Å². The van der Waals surface area contributed by atoms with Crippen molar-refractivity contribution >= 4 is 17.6 Å². The number of pyridine rings is 1. The molecule has 1 amide bonds. The average Bonchev–Trinajstić information content (AvgIpc) is 3.48. The summed E-state index contributed by atoms with van der Waals surface area (Å²) >= 11 is 0. The minimum Gasteiger partial charge on any atom is -0.493 e. The van der Waals surface area contributed by atoms with Gasteiger partial charge in [0.1, 0.15) is 5.75 Å². The number of allylic oxidation sites excluding steroid dienone is 2. The van der Waals surface area contributed by atoms with E-state index in [0.717, 1.165) is 41.8 Å². The van der Waals surface area contributed by atoms with Crippen LogP contribution in [-0.4, -0.2) is 59.1 Å². The normalized spacial score (nSPS) is 20.8. The van der Waals surface area contributed by atoms with E-state index >= 15 is 0 Å². The molecule has 4 rings (SSSR count). The molecule has 39 heavy (non-hydrogen) atoms. The van der Waals surface area contributed by atoms with E-state index < -0.39 is 11.9 Å². The van der Waals surface area contributed by atoms with Gasteiger partial charge in [-0.3, -0.25) is 19.5 Å². The van der Waals surface area contributed by atoms with E-state index in [2.05, 4.69) is 56.6 Å². The lowest BCUT2D eigenvalue weighted by Gasteiger charge is -2.34. The number of ether oxygens (including phenoxy) is 1. The van der Waals surface area contributed by atoms with E-state index in [9.17, 15) is 14.7 Å². The molecule has 0 aliphatic carbocycles. The van der Waals surface area contributed by atoms with Crippen LogP contribution in [0.4, 0.5) is 5.69 Å². The Morgan fingerprint density at radius 1 is 1.26 bits per heavy atom. The monoisotopic (exact) mass is 533 g/mol. The van der Waals surface area contributed by atoms with Crippen LogP contribution in [0.1, 0.15) is 70.9 Å². The summed E-state index contributed by atoms with van der Waals surface area (Å²) < 4.78 is 5.70. The van der Waals surface area contributed by atoms with Gasteiger partial charge in [-0.15, -0.1) is 0 Å². The van der Waals surface area contributed by atoms with Gasteiger partial charge in [-0.25, -0.2) is 0 Å². The summed E-state index contributed by atoms with van der Waals surface area (Å²) in [5, 5.41) is 10.6. The number of fused-ring (bicyclic) bond motifs is 1. The quantitative estimate of drug-likeness (QED) is 0.373. The van der Waals surface area contributed by atoms with Crippen molar-refractivity contribution < 1.29 is 19.4 Å². The van der Waals surface area contributed by atoms with Crippen molar-refractivity contribution in [2.45, 2.75) is 72.3 Å². The predicted molar refractivity (Wildman–Crippen MR) is 154 cm³/mol. The molecule has 2 aliphatic rings. The number of hydrogen-bond donors (Lipinski definition) is 1. The SMILES string of the molecule is CCCCN(C(=O)CN1C[C@H](c2ccc3c(c2)CCO3)[C@@H](C(=O)O)[C@@H]1CC(C)(C)C=C(C)C)c1cccnc1. The molecule has 1 fully saturated rings. The number of aliphatic carboxylic acids is 1. The van der Waals surface area contributed by atoms with Gasteiger partial charge >= 0.3 is 5.97 Å². The molecule has 1 aromatic carbocycles. The number of unbranched alkanes of at least 4 members (excludes halogenated alkanes) is 1. The van der Waals surface area contributed by atoms with E-state index in [1.54, 1.807) is 12.4 Å². The van der Waals surface area contributed by atoms with Crippen molar-refractivity contribution in [3.8, 4) is 5.75 Å². The zero-order chi connectivity index (χ0) is 28.2. The fourth-order valence-electron chi connectivity index (χ4n) is 6.39. The molecule has 1 aromatic heterocycles. The summed E-state index contributed by atoms with van der Waals surface area (Å²) in [6, 6.07) is 9.58. The predicted octanol–water partition coefficient (Wildman–Crippen LogP) is 5.70. The molecule has 0 unspecified atom stereocenters. The Hall–Kier alpha value is -3.19. The third kappa shape index (κ3) is 6.88. The molecule has 210 valence electrons. The molecule has 7 nitrogen and oxygen atoms in total. The second-order valence-corrected chi connectivity index (χ2v) is 12.0. The molecule has 0 radical (unpaired) electrons. The van der Waals surface area contributed by atoms with Gasteiger partial charge in [0.25, 0.3) is 0 Å². The molecular formula is C32H43N3O4. The summed E-state index contributed by atoms with van der Waals surface area (Å²) in [4.78, 5) is 34.9. The second kappa shape index (κ2) is 12.3. The number of benzene rings is 1. The van der Waals surface area contributed by atoms with Crippen molar-refractivity contribution in [2.24, 2.45) is 11.3 Å². The molecule has 3 heterocycles. The summed E-state index contributed by atoms with van der Waals surface area (Å²) in [7, 11) is 0. The maximum Gasteiger partial charge on any atom is 0.308 e. The van der Waals surface area contributed by atoms with Crippen LogP contribution in [0.2, 0.25) is 0 Å². The summed E-state index contributed by atoms with van der Waals surface area (Å²) in [5.41, 5.74) is 3.91. The summed E-state index contributed by atoms with van der Waals surface area (Å²) in [6.45, 7) is 12.5. The van der Waals surface area contributed by atoms with E-state index in [1.165, 1.54) is 5.57 Å². The van der Waals surface area contributed by atoms with Gasteiger partial charge in [0.15, 0.2) is 0 Å². The van der Waals surface area contributed by atoms with Crippen molar-refractivity contribution in [1.29, 1.82) is 0 Å². The highest BCUT2D eigenvalue weighted by atomic mass is 16.5. The Kier molecular flexibility index (Phi) is 9.11. The van der Waals surface area contributed by atoms with Crippen molar-refractivity contribution in [2.75, 3.05) is 31.1 Å². The fraction of sp³-hybridized carbons (Fsp3) is 0.531. The van der Waals surface area contributed by atoms with Crippen LogP contribution >= 0.6 is 0 Å². The number of rotatable bonds is 11. The lowest BCUT2D eigenvalue weighted by Crippen LogP contribution is -2.45. The first-order valence-corrected chi connectivity index (χ1v) is 14.2. The highest BCUT2D eigenvalue weighted by Gasteiger charge is 2.48. The van der Waals surface area contributed by atoms with Crippen molar-refractivity contribution in [3.63, 3.8) is 0 Å². The first kappa shape index (κ1) is 28.8. The standard InChI is InChI=1S/C32H43N3O4/c1-6-7-14-35(25-9-8-13-33-19-25)29(36)21-34-20-26(23-10-11-28-24(16-23)12-15-39-28)30(31(37)38)27(34)18-32(4,5)17-22(2)3/h8-11,13,16-17,19,26-27,30H,6-7,12,14-15,18,20-21H2,1-5H3,(H,37,38)/t26-,27+,30-/m1/s1. The van der Waals surface area contributed by atoms with Crippen LogP contribution in [0.3, 0.4) is 0 Å². The molecule has 3 atom stereocenters. The van der Waals surface area contributed by atoms with Crippen molar-refractivity contribution in [1.82, 2.24) is 9.88 Å². The first-order chi connectivity index (χ1) is 18.6. The molecule has 7 heteroatoms. The number of likely N-dealkylation sites (tertiary alicyclic amines) is 1. The highest BCUT2D eigenvalue weighted by Crippen LogP contribution is 2.44. The van der Waals surface area contributed by atoms with Gasteiger partial charge in [-0.1, -0.05) is 51.0 Å². The second-order valence-electron chi connectivity index (χ2n) is 12.0. The molecule has 1 N–H and O–H groups in total. The van der Waals surface area contributed by atoms with Gasteiger partial charge < -0.3 is 14.7 Å². The minimum absolute atomic E-state index is 0.0198. The van der Waals surface area contributed by atoms with E-state index in [4.69, 9.17) is 4.74 Å². The number of carboxylic acids is 1. The van der Waals surface area contributed by atoms with E-state index in [-0.39, 0.29) is 29.8 Å². The third-order valence-corrected chi connectivity index (χ3v) is 7.92. The molecule has 0 spiro atoms. The maximum atomic E-state index is 13.8. The van der Waals surface area contributed by atoms with Gasteiger partial charge in [0, 0.05) is 37.7 Å². The van der Waals surface area contributed by atoms with Gasteiger partial charge in [-0.2, -0.15) is 0 Å². The molecular weight excluding hydrogens is 490 g/mol. The summed E-state index contributed by atoms with van der Waals surface area (Å²) in [5.74, 6) is -0.768. The topological polar surface area (TPSA) is 83.0 Å². The number of carbonyl (C=O) groups is 2. The Balaban J connectivity index is 1.68. The van der Waals surface area contributed by atoms with Crippen molar-refractivity contribution in [3.05, 3.63) is 65.5 Å². The lowest BCUT2D eigenvalue weighted by atomic mass is 9.77. The van der Waals surface area contributed by atoms with Crippen LogP contribution in [0.25, 0.3) is 0 Å². The largest absolute Gasteiger partial charge is 0.493 e. The van der Waals surface area contributed by atoms with Crippen LogP contribution in [0.15, 0.2) is 54.4 Å². The number of carbonyl (C=O) groups excluding carboxylic acids is 1. The Morgan fingerprint density at radius 3 is 2.72 bits per heavy atom. The maximum absolute atomic E-state index is 13.8. The van der Waals surface area contributed by atoms with E-state index in [1.807, 2.05) is 29.2 Å². The molecule has 2 aromatic rings. The van der Waals surface area contributed by atoms with Gasteiger partial charge in [-0.05, 0) is 61.4 Å². The zero-order valence-corrected chi connectivity index (χ0v) is 24.0. The molecule has 2 aliphatic heterocycles. The van der Waals surface area contributed by atoms with Gasteiger partial charge in [0.2, 0.25) is 5.91 Å². The number of nitrogens with zero attached hydrogens (tertiary/aromatic N) is 3. The number of aromatic nitrogens is 1. The van der Waals surface area contributed by atoms with E-state index in [0.29, 0.717) is 26.1 Å². The molecule has 0 saturated carbocycles. The van der Waals surface area contributed by atoms with Crippen LogP contribution in [-0.2, 0) is 16.0 Å². The zero-order valence-electron chi connectivity index (χ0n) is 24.0. The average molecular weight is 534 g/mol. The summed E-state index contributed by atoms with van der Waals surface area (Å²) in [6.07, 6.45) is 8.99. The number of anilines is 1. The smallest absolute Gasteiger partial charge is 0.308 e. The third-order valence-electron chi connectivity index (χ3n) is 7.92. The number of hydrogen-bond acceptors (Lipinski definition) is 5. The van der Waals surface area contributed by atoms with Crippen LogP contribution < -0.4 is 9.64 Å². The molecule has 0 bridgehead atoms. The molecule has 1 saturated heterocycles. The van der Waals surface area contributed by atoms with Crippen LogP contribution in [0.5, 0.6) is 5.75 Å². The van der Waals surface area contributed by atoms with Crippen LogP contribution in [0, 0.1) is 11.3 Å². The van der Waals surface area contributed by atoms with Gasteiger partial charge in [0.05, 0.1) is 31.0 Å². The number of carboxylic acid groups (broad SMARTS) is 1. The first-order valence-electron chi connectivity index (χ1n) is 14.2.